The molecule has 0 unspecified atom stereocenters. The molecule has 0 aliphatic carbocycles. The Balaban J connectivity index is 1.40. The van der Waals surface area contributed by atoms with E-state index in [1.807, 2.05) is 36.4 Å². The summed E-state index contributed by atoms with van der Waals surface area (Å²) in [4.78, 5) is 17.7. The molecular weight excluding hydrogens is 519 g/mol. The molecule has 1 aliphatic rings. The molecule has 36 heavy (non-hydrogen) atoms. The van der Waals surface area contributed by atoms with Crippen molar-refractivity contribution in [3.8, 4) is 11.3 Å². The zero-order valence-corrected chi connectivity index (χ0v) is 21.6. The van der Waals surface area contributed by atoms with Crippen LogP contribution in [-0.4, -0.2) is 43.8 Å². The Kier molecular flexibility index (Phi) is 6.61. The number of nitrogens with one attached hydrogen (secondary N) is 1. The molecule has 1 amide bonds. The average Bonchev–Trinajstić information content (AvgIpc) is 2.86. The minimum Gasteiger partial charge on any atom is -0.322 e. The number of amides is 1. The number of fused-ring (bicyclic) bond motifs is 1. The molecule has 1 aromatic heterocycles. The van der Waals surface area contributed by atoms with Crippen molar-refractivity contribution >= 4 is 61.6 Å². The van der Waals surface area contributed by atoms with Crippen LogP contribution in [0, 0.1) is 0 Å². The third-order valence-electron chi connectivity index (χ3n) is 6.09. The van der Waals surface area contributed by atoms with Gasteiger partial charge in [-0.1, -0.05) is 47.5 Å². The van der Waals surface area contributed by atoms with Crippen molar-refractivity contribution in [1.29, 1.82) is 0 Å². The first-order valence-electron chi connectivity index (χ1n) is 11.2. The lowest BCUT2D eigenvalue weighted by molar-refractivity contribution is 0.102. The van der Waals surface area contributed by atoms with Crippen molar-refractivity contribution in [2.75, 3.05) is 29.8 Å². The molecule has 5 rings (SSSR count). The first-order valence-corrected chi connectivity index (χ1v) is 13.4. The second-order valence-corrected chi connectivity index (χ2v) is 11.2. The summed E-state index contributed by atoms with van der Waals surface area (Å²) >= 11 is 12.9. The standard InChI is InChI=1S/C26H22Cl2N4O3S/c1-31-13-4-14-32(36(31,34)35)19-9-10-20(23(28)16-19)26(33)29-18-8-11-22(27)21(15-18)25-12-7-17-5-2-3-6-24(17)30-25/h2-3,5-12,15-16H,4,13-14H2,1H3,(H,29,33). The summed E-state index contributed by atoms with van der Waals surface area (Å²) in [7, 11) is -2.07. The highest BCUT2D eigenvalue weighted by molar-refractivity contribution is 7.90. The quantitative estimate of drug-likeness (QED) is 0.352. The minimum absolute atomic E-state index is 0.152. The number of hydrogen-bond donors (Lipinski definition) is 1. The molecule has 1 aliphatic heterocycles. The normalized spacial score (nSPS) is 15.7. The number of hydrogen-bond acceptors (Lipinski definition) is 4. The maximum atomic E-state index is 13.0. The Morgan fingerprint density at radius 1 is 0.944 bits per heavy atom. The number of anilines is 2. The van der Waals surface area contributed by atoms with E-state index in [-0.39, 0.29) is 10.6 Å². The summed E-state index contributed by atoms with van der Waals surface area (Å²) in [5.41, 5.74) is 3.37. The summed E-state index contributed by atoms with van der Waals surface area (Å²) in [6.07, 6.45) is 0.695. The predicted octanol–water partition coefficient (Wildman–Crippen LogP) is 5.85. The van der Waals surface area contributed by atoms with E-state index in [2.05, 4.69) is 5.32 Å². The topological polar surface area (TPSA) is 82.6 Å². The van der Waals surface area contributed by atoms with E-state index in [1.54, 1.807) is 31.3 Å². The molecule has 0 bridgehead atoms. The summed E-state index contributed by atoms with van der Waals surface area (Å²) in [5, 5.41) is 4.52. The molecule has 0 atom stereocenters. The average molecular weight is 541 g/mol. The molecule has 1 fully saturated rings. The first-order chi connectivity index (χ1) is 17.2. The number of pyridine rings is 1. The van der Waals surface area contributed by atoms with Gasteiger partial charge in [-0.15, -0.1) is 0 Å². The van der Waals surface area contributed by atoms with Gasteiger partial charge in [0.05, 0.1) is 32.5 Å². The van der Waals surface area contributed by atoms with Crippen molar-refractivity contribution in [3.63, 3.8) is 0 Å². The second kappa shape index (κ2) is 9.71. The Morgan fingerprint density at radius 2 is 1.75 bits per heavy atom. The lowest BCUT2D eigenvalue weighted by Crippen LogP contribution is -2.48. The number of benzene rings is 3. The zero-order chi connectivity index (χ0) is 25.4. The van der Waals surface area contributed by atoms with Gasteiger partial charge in [-0.3, -0.25) is 9.10 Å². The molecule has 0 spiro atoms. The minimum atomic E-state index is -3.61. The third-order valence-corrected chi connectivity index (χ3v) is 8.65. The van der Waals surface area contributed by atoms with E-state index in [1.165, 1.54) is 20.7 Å². The Bertz CT molecular complexity index is 1590. The third kappa shape index (κ3) is 4.65. The van der Waals surface area contributed by atoms with Crippen LogP contribution >= 0.6 is 23.2 Å². The highest BCUT2D eigenvalue weighted by Crippen LogP contribution is 2.32. The van der Waals surface area contributed by atoms with Gasteiger partial charge in [0.2, 0.25) is 0 Å². The summed E-state index contributed by atoms with van der Waals surface area (Å²) in [5.74, 6) is -0.426. The summed E-state index contributed by atoms with van der Waals surface area (Å²) < 4.78 is 27.9. The number of para-hydroxylation sites is 1. The van der Waals surface area contributed by atoms with Crippen molar-refractivity contribution < 1.29 is 13.2 Å². The molecule has 7 nitrogen and oxygen atoms in total. The fraction of sp³-hybridized carbons (Fsp3) is 0.154. The van der Waals surface area contributed by atoms with Crippen LogP contribution in [0.25, 0.3) is 22.2 Å². The lowest BCUT2D eigenvalue weighted by Gasteiger charge is -2.34. The second-order valence-electron chi connectivity index (χ2n) is 8.46. The van der Waals surface area contributed by atoms with Gasteiger partial charge < -0.3 is 5.32 Å². The number of carbonyl (C=O) groups excluding carboxylic acids is 1. The van der Waals surface area contributed by atoms with E-state index < -0.39 is 16.1 Å². The van der Waals surface area contributed by atoms with Crippen LogP contribution in [0.1, 0.15) is 16.8 Å². The smallest absolute Gasteiger partial charge is 0.303 e. The highest BCUT2D eigenvalue weighted by Gasteiger charge is 2.31. The molecule has 3 aromatic carbocycles. The SMILES string of the molecule is CN1CCCN(c2ccc(C(=O)Nc3ccc(Cl)c(-c4ccc5ccccc5n4)c3)c(Cl)c2)S1(=O)=O. The van der Waals surface area contributed by atoms with Crippen LogP contribution in [0.3, 0.4) is 0 Å². The van der Waals surface area contributed by atoms with Crippen LogP contribution in [0.4, 0.5) is 11.4 Å². The maximum absolute atomic E-state index is 13.0. The van der Waals surface area contributed by atoms with Gasteiger partial charge in [0, 0.05) is 36.8 Å². The van der Waals surface area contributed by atoms with E-state index in [9.17, 15) is 13.2 Å². The lowest BCUT2D eigenvalue weighted by atomic mass is 10.1. The molecule has 0 saturated carbocycles. The number of nitrogens with zero attached hydrogens (tertiary/aromatic N) is 3. The van der Waals surface area contributed by atoms with Crippen LogP contribution in [0.5, 0.6) is 0 Å². The molecule has 184 valence electrons. The van der Waals surface area contributed by atoms with E-state index in [4.69, 9.17) is 28.2 Å². The molecule has 1 N–H and O–H groups in total. The molecule has 1 saturated heterocycles. The number of rotatable bonds is 4. The van der Waals surface area contributed by atoms with E-state index >= 15 is 0 Å². The fourth-order valence-corrected chi connectivity index (χ4v) is 6.07. The molecule has 4 aromatic rings. The first kappa shape index (κ1) is 24.5. The van der Waals surface area contributed by atoms with Gasteiger partial charge in [-0.2, -0.15) is 12.7 Å². The van der Waals surface area contributed by atoms with Gasteiger partial charge in [0.25, 0.3) is 5.91 Å². The van der Waals surface area contributed by atoms with Crippen LogP contribution in [0.2, 0.25) is 10.0 Å². The Labute approximate surface area is 219 Å². The van der Waals surface area contributed by atoms with Gasteiger partial charge >= 0.3 is 10.2 Å². The Morgan fingerprint density at radius 3 is 2.56 bits per heavy atom. The summed E-state index contributed by atoms with van der Waals surface area (Å²) in [6, 6.07) is 21.4. The highest BCUT2D eigenvalue weighted by atomic mass is 35.5. The van der Waals surface area contributed by atoms with Gasteiger partial charge in [-0.05, 0) is 55.0 Å². The van der Waals surface area contributed by atoms with Crippen LogP contribution < -0.4 is 9.62 Å². The van der Waals surface area contributed by atoms with Crippen LogP contribution in [0.15, 0.2) is 72.8 Å². The largest absolute Gasteiger partial charge is 0.322 e. The van der Waals surface area contributed by atoms with E-state index in [0.717, 1.165) is 10.9 Å². The van der Waals surface area contributed by atoms with Crippen LogP contribution in [-0.2, 0) is 10.2 Å². The number of carbonyl (C=O) groups is 1. The van der Waals surface area contributed by atoms with E-state index in [0.29, 0.717) is 47.2 Å². The monoisotopic (exact) mass is 540 g/mol. The molecular formula is C26H22Cl2N4O3S. The summed E-state index contributed by atoms with van der Waals surface area (Å²) in [6.45, 7) is 0.815. The zero-order valence-electron chi connectivity index (χ0n) is 19.3. The molecule has 2 heterocycles. The fourth-order valence-electron chi connectivity index (χ4n) is 4.16. The van der Waals surface area contributed by atoms with Crippen molar-refractivity contribution in [3.05, 3.63) is 88.4 Å². The number of halogens is 2. The predicted molar refractivity (Wildman–Crippen MR) is 145 cm³/mol. The van der Waals surface area contributed by atoms with Crippen molar-refractivity contribution in [2.24, 2.45) is 0 Å². The maximum Gasteiger partial charge on any atom is 0.303 e. The van der Waals surface area contributed by atoms with Gasteiger partial charge in [0.1, 0.15) is 0 Å². The van der Waals surface area contributed by atoms with Gasteiger partial charge in [0.15, 0.2) is 0 Å². The Hall–Kier alpha value is -3.17. The number of aromatic nitrogens is 1. The molecule has 10 heteroatoms. The molecule has 0 radical (unpaired) electrons. The van der Waals surface area contributed by atoms with Crippen molar-refractivity contribution in [2.45, 2.75) is 6.42 Å². The van der Waals surface area contributed by atoms with Gasteiger partial charge in [-0.25, -0.2) is 4.98 Å². The van der Waals surface area contributed by atoms with Crippen molar-refractivity contribution in [1.82, 2.24) is 9.29 Å².